The number of hydrogen-bond donors (Lipinski definition) is 5. The van der Waals surface area contributed by atoms with Crippen LogP contribution in [-0.4, -0.2) is 163 Å². The fourth-order valence-electron chi connectivity index (χ4n) is 8.81. The van der Waals surface area contributed by atoms with E-state index in [4.69, 9.17) is 57.0 Å². The maximum absolute atomic E-state index is 12.7. The lowest BCUT2D eigenvalue weighted by Crippen LogP contribution is -2.19. The summed E-state index contributed by atoms with van der Waals surface area (Å²) in [6.45, 7) is 52.9. The SMILES string of the molecule is C=C(C)C(=O)OCc1ccccc1.C=C(CCC(C)=O)C(C)=O.C=C(CCC(C)=O)C(C)=O.C=CC(C)=O.CC(=O)CCC(C[P+](=O)O)C(C)=O.CC(=O)CCC(C[P+](=O)O)C(C)=O.CC(=O)CCC(C[P+](C)=O)C(C)=O.CC(C)(C)O.CCCC(C)CP(C)(=O)CC(C)C(=O)OCc1ccccc1.CCCC(C)C[P+](C)=O.ClCCl.O=PO.[NH4+]. The summed E-state index contributed by atoms with van der Waals surface area (Å²) >= 11 is 9.53. The third-order valence-electron chi connectivity index (χ3n) is 15.0. The minimum absolute atomic E-state index is 0. The third kappa shape index (κ3) is 120. The molecule has 11 unspecified atom stereocenters. The Balaban J connectivity index is -0.000000124. The summed E-state index contributed by atoms with van der Waals surface area (Å²) < 4.78 is 73.9. The zero-order chi connectivity index (χ0) is 95.3. The molecule has 2 aromatic rings. The molecule has 0 aliphatic carbocycles. The fourth-order valence-corrected chi connectivity index (χ4v) is 15.5. The van der Waals surface area contributed by atoms with E-state index in [1.165, 1.54) is 95.1 Å². The first kappa shape index (κ1) is 137. The van der Waals surface area contributed by atoms with Gasteiger partial charge in [-0.1, -0.05) is 150 Å². The summed E-state index contributed by atoms with van der Waals surface area (Å²) in [6.07, 6.45) is 12.5. The lowest BCUT2D eigenvalue weighted by molar-refractivity contribution is -0.148. The van der Waals surface area contributed by atoms with Gasteiger partial charge in [0.15, 0.2) is 35.8 Å². The van der Waals surface area contributed by atoms with Crippen molar-refractivity contribution in [3.8, 4) is 0 Å². The highest BCUT2D eigenvalue weighted by molar-refractivity contribution is 7.63. The lowest BCUT2D eigenvalue weighted by atomic mass is 10.0. The Labute approximate surface area is 733 Å². The maximum atomic E-state index is 12.7. The van der Waals surface area contributed by atoms with Crippen LogP contribution in [0.3, 0.4) is 0 Å². The number of carbonyl (C=O) groups excluding carboxylic acids is 13. The van der Waals surface area contributed by atoms with Gasteiger partial charge in [-0.05, 0) is 198 Å². The van der Waals surface area contributed by atoms with Gasteiger partial charge >= 0.3 is 52.3 Å². The van der Waals surface area contributed by atoms with E-state index in [-0.39, 0.29) is 118 Å². The summed E-state index contributed by atoms with van der Waals surface area (Å²) in [6, 6.07) is 19.2. The Morgan fingerprint density at radius 2 is 0.783 bits per heavy atom. The molecular weight excluding hydrogens is 1700 g/mol. The van der Waals surface area contributed by atoms with E-state index in [0.29, 0.717) is 112 Å². The molecule has 0 saturated heterocycles. The van der Waals surface area contributed by atoms with Crippen LogP contribution in [0, 0.1) is 35.5 Å². The van der Waals surface area contributed by atoms with E-state index in [9.17, 15) is 85.2 Å². The molecule has 11 atom stereocenters. The molecule has 0 fully saturated rings. The minimum Gasteiger partial charge on any atom is -0.461 e. The molecule has 0 aliphatic heterocycles. The Kier molecular flexibility index (Phi) is 100. The first-order chi connectivity index (χ1) is 54.7. The van der Waals surface area contributed by atoms with Crippen LogP contribution < -0.4 is 6.15 Å². The minimum atomic E-state index is -2.29. The molecule has 26 nitrogen and oxygen atoms in total. The van der Waals surface area contributed by atoms with Crippen LogP contribution >= 0.6 is 70.7 Å². The van der Waals surface area contributed by atoms with Crippen LogP contribution in [0.15, 0.2) is 110 Å². The maximum Gasteiger partial charge on any atom is 0.506 e. The van der Waals surface area contributed by atoms with Crippen molar-refractivity contribution >= 4 is 146 Å². The van der Waals surface area contributed by atoms with Crippen molar-refractivity contribution < 1.29 is 119 Å². The molecule has 8 N–H and O–H groups in total. The summed E-state index contributed by atoms with van der Waals surface area (Å²) in [5.74, 6) is -0.867. The van der Waals surface area contributed by atoms with E-state index in [1.807, 2.05) is 80.9 Å². The van der Waals surface area contributed by atoms with Gasteiger partial charge in [-0.3, -0.25) is 33.6 Å². The number of ether oxygens (including phenoxy) is 2. The van der Waals surface area contributed by atoms with E-state index < -0.39 is 64.9 Å². The van der Waals surface area contributed by atoms with Crippen LogP contribution in [0.2, 0.25) is 0 Å². The molecule has 0 heterocycles. The van der Waals surface area contributed by atoms with Gasteiger partial charge in [0.05, 0.1) is 41.8 Å². The number of ketones is 11. The summed E-state index contributed by atoms with van der Waals surface area (Å²) in [4.78, 5) is 164. The number of rotatable bonds is 43. The monoisotopic (exact) mass is 1850 g/mol. The molecule has 686 valence electrons. The molecular formula is C86H148Cl2NO25P6+5. The van der Waals surface area contributed by atoms with Gasteiger partial charge in [0.1, 0.15) is 79.0 Å². The molecule has 120 heavy (non-hydrogen) atoms. The average Bonchev–Trinajstić information content (AvgIpc) is 0.876. The highest BCUT2D eigenvalue weighted by Crippen LogP contribution is 2.46. The van der Waals surface area contributed by atoms with Crippen LogP contribution in [0.1, 0.15) is 239 Å². The van der Waals surface area contributed by atoms with Crippen LogP contribution in [0.5, 0.6) is 0 Å². The molecule has 0 saturated carbocycles. The number of Topliss-reactive ketones (excluding diaryl/α,β-unsaturated/α-hetero) is 10. The number of allylic oxidation sites excluding steroid dienone is 3. The average molecular weight is 1850 g/mol. The van der Waals surface area contributed by atoms with Gasteiger partial charge < -0.3 is 54.2 Å². The number of aliphatic hydroxyl groups is 1. The van der Waals surface area contributed by atoms with Crippen molar-refractivity contribution in [3.05, 3.63) is 121 Å². The Morgan fingerprint density at radius 1 is 0.508 bits per heavy atom. The van der Waals surface area contributed by atoms with E-state index in [2.05, 4.69) is 54.0 Å². The van der Waals surface area contributed by atoms with Gasteiger partial charge in [-0.2, -0.15) is 9.79 Å². The van der Waals surface area contributed by atoms with Crippen LogP contribution in [-0.2, 0) is 112 Å². The number of quaternary nitrogens is 1. The normalized spacial score (nSPS) is 12.2. The molecule has 0 radical (unpaired) electrons. The largest absolute Gasteiger partial charge is 0.506 e. The second-order valence-corrected chi connectivity index (χ2v) is 39.2. The fraction of sp³-hybridized carbons (Fsp3) is 0.616. The number of esters is 2. The molecule has 34 heteroatoms. The first-order valence-electron chi connectivity index (χ1n) is 38.6. The molecule has 0 amide bonds. The second-order valence-electron chi connectivity index (χ2n) is 29.5. The van der Waals surface area contributed by atoms with E-state index in [1.54, 1.807) is 34.4 Å². The van der Waals surface area contributed by atoms with E-state index >= 15 is 0 Å². The molecule has 0 bridgehead atoms. The molecule has 2 rings (SSSR count). The quantitative estimate of drug-likeness (QED) is 0.0178. The molecule has 0 aliphatic rings. The summed E-state index contributed by atoms with van der Waals surface area (Å²) in [5.41, 5.74) is 2.96. The predicted octanol–water partition coefficient (Wildman–Crippen LogP) is 21.1. The Hall–Kier alpha value is -6.18. The molecule has 0 aromatic heterocycles. The zero-order valence-corrected chi connectivity index (χ0v) is 83.1. The second kappa shape index (κ2) is 87.7. The number of alkyl halides is 2. The number of hydrogen-bond acceptors (Lipinski definition) is 22. The van der Waals surface area contributed by atoms with Gasteiger partial charge in [0.25, 0.3) is 0 Å². The van der Waals surface area contributed by atoms with Crippen LogP contribution in [0.25, 0.3) is 0 Å². The lowest BCUT2D eigenvalue weighted by Gasteiger charge is -2.20. The van der Waals surface area contributed by atoms with Gasteiger partial charge in [-0.15, -0.1) is 23.2 Å². The standard InChI is InChI=1S/C18H29O3P.C11H12O2.C9H16O3P.2C8H13O4P.2C8H12O2.C7H16OP.C4H10O.C4H6O.CH2Cl2.H3N.HO2P/c1-5-9-15(2)13-22(4,20)14-16(3)18(19)21-12-17-10-7-6-8-11-17;1-9(2)11(12)13-8-10-6-4-3-5-7-10;1-7(10)4-5-9(8(2)11)6-13(3)12;2*1-6(9)3-4-8(7(2)10)5-13(11)12;2*1-6(8(3)10)4-5-7(2)9;1-4-5-7(2)6-9(3)8;1-4(2,3)5;1-3-4(2)5;2-1-3;;1-3-2/h6-8,10-11,15-16H,5,9,12-14H2,1-4H3;3-7H,1,8H2,2H3;9H,4-6H2,1-3H3;2*8H,3-5H2,1-2H3;2*1,4-5H2,2-3H3;7H,4-6H2,1-3H3;5H,1-3H3;3H,1H2,2H3;1H2;1H3;(H,1,2)/q;;+1;;;;;+1;;;;;/p+3. The molecule has 0 spiro atoms. The van der Waals surface area contributed by atoms with Crippen molar-refractivity contribution in [2.45, 2.75) is 247 Å². The van der Waals surface area contributed by atoms with Crippen molar-refractivity contribution in [2.24, 2.45) is 35.5 Å². The van der Waals surface area contributed by atoms with Crippen molar-refractivity contribution in [1.82, 2.24) is 6.15 Å². The van der Waals surface area contributed by atoms with Gasteiger partial charge in [0.2, 0.25) is 0 Å². The number of carbonyl (C=O) groups is 13. The summed E-state index contributed by atoms with van der Waals surface area (Å²) in [5, 5.41) is 8.72. The number of benzene rings is 2. The van der Waals surface area contributed by atoms with Gasteiger partial charge in [0, 0.05) is 50.0 Å². The number of halogens is 2. The van der Waals surface area contributed by atoms with Gasteiger partial charge in [-0.25, -0.2) is 9.36 Å². The van der Waals surface area contributed by atoms with Crippen molar-refractivity contribution in [1.29, 1.82) is 0 Å². The first-order valence-corrected chi connectivity index (χ1v) is 49.6. The highest BCUT2D eigenvalue weighted by atomic mass is 35.5. The summed E-state index contributed by atoms with van der Waals surface area (Å²) in [7, 11) is -9.88. The Bertz CT molecular complexity index is 3300. The van der Waals surface area contributed by atoms with Crippen molar-refractivity contribution in [3.63, 3.8) is 0 Å². The molecule has 2 aromatic carbocycles. The predicted molar refractivity (Wildman–Crippen MR) is 491 cm³/mol. The highest BCUT2D eigenvalue weighted by Gasteiger charge is 2.29. The van der Waals surface area contributed by atoms with Crippen LogP contribution in [0.4, 0.5) is 0 Å². The topological polar surface area (TPSA) is 460 Å². The van der Waals surface area contributed by atoms with E-state index in [0.717, 1.165) is 36.3 Å². The zero-order valence-electron chi connectivity index (χ0n) is 76.2. The Morgan fingerprint density at radius 3 is 1.02 bits per heavy atom. The van der Waals surface area contributed by atoms with Crippen molar-refractivity contribution in [2.75, 3.05) is 62.3 Å². The smallest absolute Gasteiger partial charge is 0.461 e. The third-order valence-corrected chi connectivity index (χ3v) is 21.3.